The third kappa shape index (κ3) is 2.61. The van der Waals surface area contributed by atoms with E-state index in [0.29, 0.717) is 0 Å². The number of anilines is 1. The van der Waals surface area contributed by atoms with Crippen LogP contribution in [0.1, 0.15) is 17.3 Å². The first-order valence-electron chi connectivity index (χ1n) is 4.57. The van der Waals surface area contributed by atoms with Crippen molar-refractivity contribution in [1.82, 2.24) is 0 Å². The lowest BCUT2D eigenvalue weighted by atomic mass is 10.2. The SMILES string of the molecule is C=CC(C)Nc1ccc(C(=O)O)c(Br)c1F. The molecule has 1 rings (SSSR count). The molecule has 5 heteroatoms. The predicted molar refractivity (Wildman–Crippen MR) is 64.3 cm³/mol. The van der Waals surface area contributed by atoms with Crippen molar-refractivity contribution < 1.29 is 14.3 Å². The number of rotatable bonds is 4. The Labute approximate surface area is 101 Å². The molecule has 0 aliphatic rings. The van der Waals surface area contributed by atoms with Crippen LogP contribution in [0.2, 0.25) is 0 Å². The van der Waals surface area contributed by atoms with Crippen molar-refractivity contribution in [2.24, 2.45) is 0 Å². The molecule has 3 nitrogen and oxygen atoms in total. The molecule has 1 atom stereocenters. The van der Waals surface area contributed by atoms with E-state index in [2.05, 4.69) is 27.8 Å². The van der Waals surface area contributed by atoms with Crippen molar-refractivity contribution in [3.8, 4) is 0 Å². The Bertz CT molecular complexity index is 434. The summed E-state index contributed by atoms with van der Waals surface area (Å²) in [6.45, 7) is 5.37. The van der Waals surface area contributed by atoms with E-state index in [0.717, 1.165) is 0 Å². The summed E-state index contributed by atoms with van der Waals surface area (Å²) in [5.74, 6) is -1.79. The molecule has 0 heterocycles. The van der Waals surface area contributed by atoms with Gasteiger partial charge >= 0.3 is 5.97 Å². The minimum atomic E-state index is -1.17. The summed E-state index contributed by atoms with van der Waals surface area (Å²) >= 11 is 2.92. The fourth-order valence-electron chi connectivity index (χ4n) is 1.13. The molecule has 86 valence electrons. The molecular weight excluding hydrogens is 277 g/mol. The zero-order valence-electron chi connectivity index (χ0n) is 8.63. The zero-order valence-corrected chi connectivity index (χ0v) is 10.2. The molecule has 0 aromatic heterocycles. The van der Waals surface area contributed by atoms with Crippen LogP contribution in [0.5, 0.6) is 0 Å². The largest absolute Gasteiger partial charge is 0.478 e. The lowest BCUT2D eigenvalue weighted by Gasteiger charge is -2.13. The number of carboxylic acid groups (broad SMARTS) is 1. The van der Waals surface area contributed by atoms with E-state index < -0.39 is 11.8 Å². The Morgan fingerprint density at radius 2 is 2.31 bits per heavy atom. The first kappa shape index (κ1) is 12.7. The molecule has 1 unspecified atom stereocenters. The number of nitrogens with one attached hydrogen (secondary N) is 1. The number of benzene rings is 1. The molecule has 1 aromatic rings. The van der Waals surface area contributed by atoms with Crippen LogP contribution in [0.4, 0.5) is 10.1 Å². The number of carbonyl (C=O) groups is 1. The Hall–Kier alpha value is -1.36. The second-order valence-electron chi connectivity index (χ2n) is 3.26. The molecule has 1 aromatic carbocycles. The van der Waals surface area contributed by atoms with Crippen molar-refractivity contribution in [3.05, 3.63) is 40.6 Å². The third-order valence-electron chi connectivity index (χ3n) is 2.05. The van der Waals surface area contributed by atoms with E-state index in [1.54, 1.807) is 6.08 Å². The van der Waals surface area contributed by atoms with Crippen LogP contribution in [0, 0.1) is 5.82 Å². The molecule has 0 saturated heterocycles. The Kier molecular flexibility index (Phi) is 4.06. The van der Waals surface area contributed by atoms with E-state index >= 15 is 0 Å². The Morgan fingerprint density at radius 3 is 2.81 bits per heavy atom. The molecule has 0 aliphatic heterocycles. The summed E-state index contributed by atoms with van der Waals surface area (Å²) in [5, 5.41) is 11.6. The fraction of sp³-hybridized carbons (Fsp3) is 0.182. The summed E-state index contributed by atoms with van der Waals surface area (Å²) in [4.78, 5) is 10.7. The maximum atomic E-state index is 13.7. The highest BCUT2D eigenvalue weighted by Gasteiger charge is 2.16. The Morgan fingerprint density at radius 1 is 1.69 bits per heavy atom. The minimum Gasteiger partial charge on any atom is -0.478 e. The molecule has 2 N–H and O–H groups in total. The average Bonchev–Trinajstić information content (AvgIpc) is 2.24. The van der Waals surface area contributed by atoms with Gasteiger partial charge in [-0.15, -0.1) is 6.58 Å². The van der Waals surface area contributed by atoms with Gasteiger partial charge in [0.1, 0.15) is 0 Å². The number of hydrogen-bond acceptors (Lipinski definition) is 2. The zero-order chi connectivity index (χ0) is 12.3. The minimum absolute atomic E-state index is 0.0544. The summed E-state index contributed by atoms with van der Waals surface area (Å²) < 4.78 is 13.7. The van der Waals surface area contributed by atoms with Crippen LogP contribution in [0.25, 0.3) is 0 Å². The van der Waals surface area contributed by atoms with E-state index in [9.17, 15) is 9.18 Å². The van der Waals surface area contributed by atoms with Crippen LogP contribution in [-0.2, 0) is 0 Å². The molecule has 16 heavy (non-hydrogen) atoms. The standard InChI is InChI=1S/C11H11BrFNO2/c1-3-6(2)14-8-5-4-7(11(15)16)9(12)10(8)13/h3-6,14H,1H2,2H3,(H,15,16). The quantitative estimate of drug-likeness (QED) is 0.836. The Balaban J connectivity index is 3.11. The predicted octanol–water partition coefficient (Wildman–Crippen LogP) is 3.27. The maximum Gasteiger partial charge on any atom is 0.336 e. The lowest BCUT2D eigenvalue weighted by Crippen LogP contribution is -2.13. The highest BCUT2D eigenvalue weighted by molar-refractivity contribution is 9.10. The first-order chi connectivity index (χ1) is 7.47. The number of carboxylic acids is 1. The van der Waals surface area contributed by atoms with Crippen molar-refractivity contribution >= 4 is 27.6 Å². The van der Waals surface area contributed by atoms with Crippen molar-refractivity contribution in [1.29, 1.82) is 0 Å². The topological polar surface area (TPSA) is 49.3 Å². The van der Waals surface area contributed by atoms with Crippen molar-refractivity contribution in [3.63, 3.8) is 0 Å². The summed E-state index contributed by atoms with van der Waals surface area (Å²) in [6.07, 6.45) is 1.62. The highest BCUT2D eigenvalue weighted by Crippen LogP contribution is 2.27. The van der Waals surface area contributed by atoms with Crippen molar-refractivity contribution in [2.45, 2.75) is 13.0 Å². The fourth-order valence-corrected chi connectivity index (χ4v) is 1.65. The van der Waals surface area contributed by atoms with Crippen LogP contribution < -0.4 is 5.32 Å². The average molecular weight is 288 g/mol. The lowest BCUT2D eigenvalue weighted by molar-refractivity contribution is 0.0695. The van der Waals surface area contributed by atoms with Gasteiger partial charge in [-0.25, -0.2) is 9.18 Å². The molecule has 0 amide bonds. The van der Waals surface area contributed by atoms with Crippen LogP contribution in [0.3, 0.4) is 0 Å². The van der Waals surface area contributed by atoms with E-state index in [1.807, 2.05) is 6.92 Å². The highest BCUT2D eigenvalue weighted by atomic mass is 79.9. The first-order valence-corrected chi connectivity index (χ1v) is 5.37. The monoisotopic (exact) mass is 287 g/mol. The number of hydrogen-bond donors (Lipinski definition) is 2. The number of halogens is 2. The third-order valence-corrected chi connectivity index (χ3v) is 2.82. The molecule has 0 spiro atoms. The summed E-state index contributed by atoms with van der Waals surface area (Å²) in [6, 6.07) is 2.63. The molecule has 0 fully saturated rings. The second-order valence-corrected chi connectivity index (χ2v) is 4.06. The van der Waals surface area contributed by atoms with Gasteiger partial charge in [0, 0.05) is 6.04 Å². The van der Waals surface area contributed by atoms with Gasteiger partial charge in [-0.05, 0) is 35.0 Å². The van der Waals surface area contributed by atoms with Gasteiger partial charge in [0.25, 0.3) is 0 Å². The van der Waals surface area contributed by atoms with Crippen LogP contribution in [-0.4, -0.2) is 17.1 Å². The van der Waals surface area contributed by atoms with Gasteiger partial charge in [-0.3, -0.25) is 0 Å². The molecule has 0 aliphatic carbocycles. The van der Waals surface area contributed by atoms with E-state index in [1.165, 1.54) is 12.1 Å². The molecule has 0 bridgehead atoms. The summed E-state index contributed by atoms with van der Waals surface area (Å²) in [7, 11) is 0. The molecule has 0 saturated carbocycles. The molecular formula is C11H11BrFNO2. The second kappa shape index (κ2) is 5.12. The smallest absolute Gasteiger partial charge is 0.336 e. The van der Waals surface area contributed by atoms with Gasteiger partial charge in [-0.2, -0.15) is 0 Å². The van der Waals surface area contributed by atoms with E-state index in [-0.39, 0.29) is 21.8 Å². The van der Waals surface area contributed by atoms with Crippen LogP contribution >= 0.6 is 15.9 Å². The normalized spacial score (nSPS) is 11.9. The maximum absolute atomic E-state index is 13.7. The van der Waals surface area contributed by atoms with Crippen molar-refractivity contribution in [2.75, 3.05) is 5.32 Å². The number of aromatic carboxylic acids is 1. The van der Waals surface area contributed by atoms with Gasteiger partial charge < -0.3 is 10.4 Å². The van der Waals surface area contributed by atoms with E-state index in [4.69, 9.17) is 5.11 Å². The molecule has 0 radical (unpaired) electrons. The van der Waals surface area contributed by atoms with Gasteiger partial charge in [0.2, 0.25) is 0 Å². The van der Waals surface area contributed by atoms with Gasteiger partial charge in [0.05, 0.1) is 15.7 Å². The van der Waals surface area contributed by atoms with Crippen LogP contribution in [0.15, 0.2) is 29.3 Å². The summed E-state index contributed by atoms with van der Waals surface area (Å²) in [5.41, 5.74) is 0.138. The van der Waals surface area contributed by atoms with Gasteiger partial charge in [0.15, 0.2) is 5.82 Å². The van der Waals surface area contributed by atoms with Gasteiger partial charge in [-0.1, -0.05) is 6.08 Å².